The topological polar surface area (TPSA) is 93.7 Å². The van der Waals surface area contributed by atoms with Crippen molar-refractivity contribution in [2.75, 3.05) is 13.7 Å². The lowest BCUT2D eigenvalue weighted by molar-refractivity contribution is -0.127. The second kappa shape index (κ2) is 10.3. The van der Waals surface area contributed by atoms with Crippen molar-refractivity contribution in [2.24, 2.45) is 5.92 Å². The second-order valence-electron chi connectivity index (χ2n) is 7.04. The Hall–Kier alpha value is -2.58. The standard InChI is InChI=1S/C21H28N2O5S/c1-15(2)13-22-21(24)16(3)28-19-9-11-20(12-10-19)29(25,26)23-14-17-5-7-18(27-4)8-6-17/h5-12,15-16,23H,13-14H2,1-4H3,(H,22,24)/t16-/m1/s1. The van der Waals surface area contributed by atoms with Gasteiger partial charge in [0.05, 0.1) is 12.0 Å². The van der Waals surface area contributed by atoms with E-state index in [2.05, 4.69) is 10.0 Å². The Bertz CT molecular complexity index is 894. The number of amides is 1. The van der Waals surface area contributed by atoms with Crippen LogP contribution in [0.2, 0.25) is 0 Å². The van der Waals surface area contributed by atoms with Crippen molar-refractivity contribution in [1.29, 1.82) is 0 Å². The molecule has 0 heterocycles. The number of hydrogen-bond donors (Lipinski definition) is 2. The number of sulfonamides is 1. The Morgan fingerprint density at radius 1 is 0.966 bits per heavy atom. The number of carbonyl (C=O) groups is 1. The van der Waals surface area contributed by atoms with Crippen molar-refractivity contribution in [1.82, 2.24) is 10.0 Å². The molecule has 0 saturated carbocycles. The van der Waals surface area contributed by atoms with E-state index < -0.39 is 16.1 Å². The number of carbonyl (C=O) groups excluding carboxylic acids is 1. The molecule has 0 aliphatic carbocycles. The molecule has 0 bridgehead atoms. The van der Waals surface area contributed by atoms with E-state index >= 15 is 0 Å². The van der Waals surface area contributed by atoms with Crippen molar-refractivity contribution >= 4 is 15.9 Å². The normalized spacial score (nSPS) is 12.4. The van der Waals surface area contributed by atoms with Gasteiger partial charge >= 0.3 is 0 Å². The van der Waals surface area contributed by atoms with Gasteiger partial charge in [0, 0.05) is 13.1 Å². The van der Waals surface area contributed by atoms with E-state index in [4.69, 9.17) is 9.47 Å². The van der Waals surface area contributed by atoms with Gasteiger partial charge in [-0.1, -0.05) is 26.0 Å². The maximum absolute atomic E-state index is 12.5. The van der Waals surface area contributed by atoms with Gasteiger partial charge in [-0.15, -0.1) is 0 Å². The van der Waals surface area contributed by atoms with Gasteiger partial charge in [-0.05, 0) is 54.8 Å². The third-order valence-corrected chi connectivity index (χ3v) is 5.54. The van der Waals surface area contributed by atoms with Crippen LogP contribution in [0.1, 0.15) is 26.3 Å². The fourth-order valence-electron chi connectivity index (χ4n) is 2.41. The third kappa shape index (κ3) is 7.07. The number of ether oxygens (including phenoxy) is 2. The molecule has 0 aromatic heterocycles. The Morgan fingerprint density at radius 2 is 1.55 bits per heavy atom. The van der Waals surface area contributed by atoms with Crippen LogP contribution >= 0.6 is 0 Å². The van der Waals surface area contributed by atoms with Crippen LogP contribution in [0.3, 0.4) is 0 Å². The van der Waals surface area contributed by atoms with Crippen molar-refractivity contribution in [3.05, 3.63) is 54.1 Å². The molecule has 0 aliphatic heterocycles. The first kappa shape index (κ1) is 22.7. The molecule has 0 spiro atoms. The average molecular weight is 421 g/mol. The number of methoxy groups -OCH3 is 1. The molecule has 7 nitrogen and oxygen atoms in total. The zero-order valence-electron chi connectivity index (χ0n) is 17.1. The van der Waals surface area contributed by atoms with Crippen LogP contribution in [-0.2, 0) is 21.4 Å². The molecule has 0 saturated heterocycles. The van der Waals surface area contributed by atoms with E-state index in [0.29, 0.717) is 24.0 Å². The molecule has 1 amide bonds. The smallest absolute Gasteiger partial charge is 0.260 e. The van der Waals surface area contributed by atoms with Crippen LogP contribution in [0.4, 0.5) is 0 Å². The lowest BCUT2D eigenvalue weighted by atomic mass is 10.2. The minimum Gasteiger partial charge on any atom is -0.497 e. The van der Waals surface area contributed by atoms with Crippen LogP contribution < -0.4 is 19.5 Å². The van der Waals surface area contributed by atoms with Gasteiger partial charge in [0.15, 0.2) is 6.10 Å². The van der Waals surface area contributed by atoms with Crippen LogP contribution in [0.5, 0.6) is 11.5 Å². The fourth-order valence-corrected chi connectivity index (χ4v) is 3.43. The lowest BCUT2D eigenvalue weighted by Gasteiger charge is -2.16. The van der Waals surface area contributed by atoms with Gasteiger partial charge < -0.3 is 14.8 Å². The van der Waals surface area contributed by atoms with Gasteiger partial charge in [-0.25, -0.2) is 13.1 Å². The van der Waals surface area contributed by atoms with Crippen LogP contribution in [0.25, 0.3) is 0 Å². The van der Waals surface area contributed by atoms with Crippen molar-refractivity contribution < 1.29 is 22.7 Å². The van der Waals surface area contributed by atoms with Gasteiger partial charge in [0.25, 0.3) is 5.91 Å². The predicted octanol–water partition coefficient (Wildman–Crippen LogP) is 2.71. The molecule has 2 aromatic rings. The number of nitrogens with one attached hydrogen (secondary N) is 2. The molecule has 0 aliphatic rings. The summed E-state index contributed by atoms with van der Waals surface area (Å²) < 4.78 is 38.2. The molecule has 0 fully saturated rings. The number of rotatable bonds is 10. The number of benzene rings is 2. The summed E-state index contributed by atoms with van der Waals surface area (Å²) in [4.78, 5) is 12.1. The minimum absolute atomic E-state index is 0.121. The Balaban J connectivity index is 1.94. The first-order valence-corrected chi connectivity index (χ1v) is 10.9. The van der Waals surface area contributed by atoms with E-state index in [0.717, 1.165) is 5.56 Å². The highest BCUT2D eigenvalue weighted by Crippen LogP contribution is 2.18. The first-order valence-electron chi connectivity index (χ1n) is 9.38. The van der Waals surface area contributed by atoms with Crippen LogP contribution in [-0.4, -0.2) is 34.1 Å². The summed E-state index contributed by atoms with van der Waals surface area (Å²) in [6.07, 6.45) is -0.676. The van der Waals surface area contributed by atoms with Gasteiger partial charge in [-0.3, -0.25) is 4.79 Å². The molecule has 1 atom stereocenters. The third-order valence-electron chi connectivity index (χ3n) is 4.13. The van der Waals surface area contributed by atoms with Crippen molar-refractivity contribution in [3.63, 3.8) is 0 Å². The average Bonchev–Trinajstić information content (AvgIpc) is 2.71. The van der Waals surface area contributed by atoms with Gasteiger partial charge in [0.1, 0.15) is 11.5 Å². The molecule has 0 unspecified atom stereocenters. The minimum atomic E-state index is -3.67. The fraction of sp³-hybridized carbons (Fsp3) is 0.381. The molecular formula is C21H28N2O5S. The first-order chi connectivity index (χ1) is 13.7. The Kier molecular flexibility index (Phi) is 8.04. The van der Waals surface area contributed by atoms with Gasteiger partial charge in [0.2, 0.25) is 10.0 Å². The molecule has 2 aromatic carbocycles. The predicted molar refractivity (Wildman–Crippen MR) is 111 cm³/mol. The van der Waals surface area contributed by atoms with E-state index in [9.17, 15) is 13.2 Å². The van der Waals surface area contributed by atoms with E-state index in [1.165, 1.54) is 24.3 Å². The summed E-state index contributed by atoms with van der Waals surface area (Å²) in [6.45, 7) is 6.40. The summed E-state index contributed by atoms with van der Waals surface area (Å²) in [7, 11) is -2.10. The Labute approximate surface area is 172 Å². The number of hydrogen-bond acceptors (Lipinski definition) is 5. The van der Waals surface area contributed by atoms with Gasteiger partial charge in [-0.2, -0.15) is 0 Å². The summed E-state index contributed by atoms with van der Waals surface area (Å²) >= 11 is 0. The lowest BCUT2D eigenvalue weighted by Crippen LogP contribution is -2.38. The van der Waals surface area contributed by atoms with Crippen LogP contribution in [0.15, 0.2) is 53.4 Å². The maximum atomic E-state index is 12.5. The van der Waals surface area contributed by atoms with E-state index in [-0.39, 0.29) is 17.3 Å². The highest BCUT2D eigenvalue weighted by atomic mass is 32.2. The zero-order valence-corrected chi connectivity index (χ0v) is 18.0. The van der Waals surface area contributed by atoms with Crippen LogP contribution in [0, 0.1) is 5.92 Å². The maximum Gasteiger partial charge on any atom is 0.260 e. The quantitative estimate of drug-likeness (QED) is 0.616. The molecule has 2 N–H and O–H groups in total. The Morgan fingerprint density at radius 3 is 2.10 bits per heavy atom. The van der Waals surface area contributed by atoms with E-state index in [1.807, 2.05) is 13.8 Å². The zero-order chi connectivity index (χ0) is 21.4. The van der Waals surface area contributed by atoms with E-state index in [1.54, 1.807) is 38.3 Å². The van der Waals surface area contributed by atoms with Crippen molar-refractivity contribution in [2.45, 2.75) is 38.3 Å². The summed E-state index contributed by atoms with van der Waals surface area (Å²) in [5.41, 5.74) is 0.815. The summed E-state index contributed by atoms with van der Waals surface area (Å²) in [6, 6.07) is 13.1. The molecule has 2 rings (SSSR count). The molecule has 0 radical (unpaired) electrons. The molecule has 29 heavy (non-hydrogen) atoms. The molecule has 158 valence electrons. The van der Waals surface area contributed by atoms with Crippen molar-refractivity contribution in [3.8, 4) is 11.5 Å². The summed E-state index contributed by atoms with van der Waals surface area (Å²) in [5, 5.41) is 2.80. The molecule has 8 heteroatoms. The molecular weight excluding hydrogens is 392 g/mol. The highest BCUT2D eigenvalue weighted by Gasteiger charge is 2.17. The monoisotopic (exact) mass is 420 g/mol. The SMILES string of the molecule is COc1ccc(CNS(=O)(=O)c2ccc(O[C@H](C)C(=O)NCC(C)C)cc2)cc1. The largest absolute Gasteiger partial charge is 0.497 e. The highest BCUT2D eigenvalue weighted by molar-refractivity contribution is 7.89. The second-order valence-corrected chi connectivity index (χ2v) is 8.81. The summed E-state index contributed by atoms with van der Waals surface area (Å²) in [5.74, 6) is 1.27.